The van der Waals surface area contributed by atoms with Crippen LogP contribution in [0.2, 0.25) is 0 Å². The zero-order valence-corrected chi connectivity index (χ0v) is 10.8. The Balaban J connectivity index is 2.05. The first kappa shape index (κ1) is 12.3. The molecular weight excluding hydrogens is 245 g/mol. The Kier molecular flexibility index (Phi) is 2.86. The summed E-state index contributed by atoms with van der Waals surface area (Å²) in [5.41, 5.74) is 1.05. The lowest BCUT2D eigenvalue weighted by atomic mass is 9.83. The van der Waals surface area contributed by atoms with E-state index >= 15 is 0 Å². The first-order valence-corrected chi connectivity index (χ1v) is 6.50. The van der Waals surface area contributed by atoms with Crippen LogP contribution in [0.15, 0.2) is 29.3 Å². The van der Waals surface area contributed by atoms with Crippen molar-refractivity contribution >= 4 is 17.4 Å². The molecule has 1 fully saturated rings. The summed E-state index contributed by atoms with van der Waals surface area (Å²) in [5, 5.41) is 3.29. The number of rotatable bonds is 1. The lowest BCUT2D eigenvalue weighted by molar-refractivity contribution is 0.250. The summed E-state index contributed by atoms with van der Waals surface area (Å²) in [7, 11) is 0. The molecule has 2 amide bonds. The molecule has 100 valence electrons. The van der Waals surface area contributed by atoms with Crippen molar-refractivity contribution in [1.82, 2.24) is 5.32 Å². The predicted molar refractivity (Wildman–Crippen MR) is 72.2 cm³/mol. The van der Waals surface area contributed by atoms with E-state index in [1.54, 1.807) is 17.0 Å². The van der Waals surface area contributed by atoms with Gasteiger partial charge in [0.2, 0.25) is 0 Å². The summed E-state index contributed by atoms with van der Waals surface area (Å²) < 4.78 is 13.4. The van der Waals surface area contributed by atoms with Crippen LogP contribution >= 0.6 is 0 Å². The van der Waals surface area contributed by atoms with E-state index in [-0.39, 0.29) is 17.4 Å². The molecule has 0 saturated carbocycles. The van der Waals surface area contributed by atoms with Crippen molar-refractivity contribution in [2.75, 3.05) is 18.0 Å². The second-order valence-corrected chi connectivity index (χ2v) is 5.08. The number of hydrogen-bond acceptors (Lipinski definition) is 2. The molecular formula is C14H16FN3O. The van der Waals surface area contributed by atoms with Crippen LogP contribution in [0.1, 0.15) is 19.8 Å². The highest BCUT2D eigenvalue weighted by Crippen LogP contribution is 2.37. The van der Waals surface area contributed by atoms with E-state index < -0.39 is 0 Å². The lowest BCUT2D eigenvalue weighted by Gasteiger charge is -2.41. The van der Waals surface area contributed by atoms with Gasteiger partial charge in [-0.15, -0.1) is 0 Å². The predicted octanol–water partition coefficient (Wildman–Crippen LogP) is 2.35. The van der Waals surface area contributed by atoms with E-state index in [1.165, 1.54) is 12.1 Å². The second kappa shape index (κ2) is 4.42. The number of carbonyl (C=O) groups is 1. The molecule has 4 nitrogen and oxygen atoms in total. The molecule has 1 saturated heterocycles. The van der Waals surface area contributed by atoms with Gasteiger partial charge in [-0.05, 0) is 51.1 Å². The molecule has 0 aromatic heterocycles. The van der Waals surface area contributed by atoms with Crippen LogP contribution in [0.3, 0.4) is 0 Å². The van der Waals surface area contributed by atoms with Crippen molar-refractivity contribution in [2.24, 2.45) is 4.99 Å². The Hall–Kier alpha value is -1.75. The summed E-state index contributed by atoms with van der Waals surface area (Å²) in [6, 6.07) is 5.88. The Labute approximate surface area is 111 Å². The normalized spacial score (nSPS) is 21.9. The van der Waals surface area contributed by atoms with Crippen LogP contribution < -0.4 is 10.2 Å². The molecule has 1 aromatic rings. The number of nitrogens with one attached hydrogen (secondary N) is 1. The molecule has 0 radical (unpaired) electrons. The van der Waals surface area contributed by atoms with Gasteiger partial charge in [0.25, 0.3) is 0 Å². The summed E-state index contributed by atoms with van der Waals surface area (Å²) in [5.74, 6) is -0.334. The standard InChI is InChI=1S/C14H16FN3O/c1-10-14(5-7-16-8-6-14)18(13(19)17-10)12-4-2-3-11(15)9-12/h2-4,9,16H,5-8H2,1H3. The maximum Gasteiger partial charge on any atom is 0.348 e. The summed E-state index contributed by atoms with van der Waals surface area (Å²) >= 11 is 0. The molecule has 1 spiro atoms. The number of urea groups is 1. The number of carbonyl (C=O) groups excluding carboxylic acids is 1. The molecule has 2 aliphatic heterocycles. The first-order chi connectivity index (χ1) is 9.13. The van der Waals surface area contributed by atoms with Crippen molar-refractivity contribution in [1.29, 1.82) is 0 Å². The molecule has 2 aliphatic rings. The molecule has 3 rings (SSSR count). The van der Waals surface area contributed by atoms with Gasteiger partial charge in [-0.25, -0.2) is 14.2 Å². The minimum atomic E-state index is -0.379. The van der Waals surface area contributed by atoms with Crippen molar-refractivity contribution in [3.63, 3.8) is 0 Å². The molecule has 1 aromatic carbocycles. The topological polar surface area (TPSA) is 44.7 Å². The maximum absolute atomic E-state index is 13.4. The van der Waals surface area contributed by atoms with Crippen LogP contribution in [0.5, 0.6) is 0 Å². The fourth-order valence-corrected chi connectivity index (χ4v) is 3.04. The van der Waals surface area contributed by atoms with E-state index in [4.69, 9.17) is 0 Å². The minimum absolute atomic E-state index is 0.287. The van der Waals surface area contributed by atoms with Crippen LogP contribution in [0.25, 0.3) is 0 Å². The van der Waals surface area contributed by atoms with Gasteiger partial charge in [-0.3, -0.25) is 4.90 Å². The van der Waals surface area contributed by atoms with Crippen molar-refractivity contribution < 1.29 is 9.18 Å². The molecule has 0 aliphatic carbocycles. The average molecular weight is 261 g/mol. The zero-order chi connectivity index (χ0) is 13.5. The molecule has 1 N–H and O–H groups in total. The Morgan fingerprint density at radius 2 is 2.11 bits per heavy atom. The van der Waals surface area contributed by atoms with Crippen LogP contribution in [0, 0.1) is 5.82 Å². The Bertz CT molecular complexity index is 549. The van der Waals surface area contributed by atoms with Gasteiger partial charge in [-0.2, -0.15) is 0 Å². The zero-order valence-electron chi connectivity index (χ0n) is 10.8. The number of piperidine rings is 1. The van der Waals surface area contributed by atoms with Crippen molar-refractivity contribution in [3.05, 3.63) is 30.1 Å². The van der Waals surface area contributed by atoms with Gasteiger partial charge >= 0.3 is 6.03 Å². The Morgan fingerprint density at radius 3 is 2.79 bits per heavy atom. The summed E-state index contributed by atoms with van der Waals surface area (Å²) in [4.78, 5) is 17.9. The number of anilines is 1. The molecule has 0 bridgehead atoms. The monoisotopic (exact) mass is 261 g/mol. The van der Waals surface area contributed by atoms with Gasteiger partial charge in [-0.1, -0.05) is 6.07 Å². The highest BCUT2D eigenvalue weighted by Gasteiger charge is 2.48. The van der Waals surface area contributed by atoms with Crippen molar-refractivity contribution in [3.8, 4) is 0 Å². The van der Waals surface area contributed by atoms with Crippen LogP contribution in [-0.2, 0) is 0 Å². The minimum Gasteiger partial charge on any atom is -0.317 e. The highest BCUT2D eigenvalue weighted by atomic mass is 19.1. The number of aliphatic imine (C=N–C) groups is 1. The van der Waals surface area contributed by atoms with Gasteiger partial charge in [0.1, 0.15) is 5.82 Å². The fourth-order valence-electron chi connectivity index (χ4n) is 3.04. The van der Waals surface area contributed by atoms with Gasteiger partial charge < -0.3 is 5.32 Å². The molecule has 19 heavy (non-hydrogen) atoms. The third-order valence-electron chi connectivity index (χ3n) is 4.05. The van der Waals surface area contributed by atoms with Gasteiger partial charge in [0.15, 0.2) is 0 Å². The first-order valence-electron chi connectivity index (χ1n) is 6.50. The van der Waals surface area contributed by atoms with Crippen LogP contribution in [-0.4, -0.2) is 30.4 Å². The largest absolute Gasteiger partial charge is 0.348 e. The van der Waals surface area contributed by atoms with E-state index in [0.29, 0.717) is 5.69 Å². The van der Waals surface area contributed by atoms with E-state index in [2.05, 4.69) is 10.3 Å². The van der Waals surface area contributed by atoms with Gasteiger partial charge in [0, 0.05) is 11.4 Å². The molecule has 0 atom stereocenters. The van der Waals surface area contributed by atoms with Gasteiger partial charge in [0.05, 0.1) is 5.54 Å². The third-order valence-corrected chi connectivity index (χ3v) is 4.05. The number of hydrogen-bond donors (Lipinski definition) is 1. The third kappa shape index (κ3) is 1.85. The number of nitrogens with zero attached hydrogens (tertiary/aromatic N) is 2. The maximum atomic E-state index is 13.4. The molecule has 2 heterocycles. The quantitative estimate of drug-likeness (QED) is 0.843. The fraction of sp³-hybridized carbons (Fsp3) is 0.429. The molecule has 5 heteroatoms. The molecule has 0 unspecified atom stereocenters. The number of amides is 2. The van der Waals surface area contributed by atoms with E-state index in [9.17, 15) is 9.18 Å². The Morgan fingerprint density at radius 1 is 1.37 bits per heavy atom. The SMILES string of the molecule is CC1=NC(=O)N(c2cccc(F)c2)C12CCNCC2. The number of benzene rings is 1. The van der Waals surface area contributed by atoms with E-state index in [0.717, 1.165) is 31.6 Å². The van der Waals surface area contributed by atoms with Crippen LogP contribution in [0.4, 0.5) is 14.9 Å². The lowest BCUT2D eigenvalue weighted by Crippen LogP contribution is -2.56. The number of halogens is 1. The highest BCUT2D eigenvalue weighted by molar-refractivity contribution is 6.16. The second-order valence-electron chi connectivity index (χ2n) is 5.08. The summed E-state index contributed by atoms with van der Waals surface area (Å²) in [6.45, 7) is 3.57. The van der Waals surface area contributed by atoms with E-state index in [1.807, 2.05) is 6.92 Å². The summed E-state index contributed by atoms with van der Waals surface area (Å²) in [6.07, 6.45) is 1.62. The smallest absolute Gasteiger partial charge is 0.317 e. The average Bonchev–Trinajstić information content (AvgIpc) is 2.62. The van der Waals surface area contributed by atoms with Crippen molar-refractivity contribution in [2.45, 2.75) is 25.3 Å².